The molecule has 0 bridgehead atoms. The number of thiophene rings is 1. The molecule has 1 fully saturated rings. The number of benzene rings is 1. The molecule has 0 radical (unpaired) electrons. The van der Waals surface area contributed by atoms with Crippen LogP contribution in [0, 0.1) is 0 Å². The minimum Gasteiger partial charge on any atom is -0.386 e. The molecule has 0 saturated carbocycles. The van der Waals surface area contributed by atoms with Crippen molar-refractivity contribution in [2.45, 2.75) is 18.7 Å². The van der Waals surface area contributed by atoms with Crippen molar-refractivity contribution in [2.24, 2.45) is 0 Å². The maximum absolute atomic E-state index is 12.5. The maximum Gasteiger partial charge on any atom is 0.265 e. The number of aromatic nitrogens is 1. The Kier molecular flexibility index (Phi) is 6.18. The van der Waals surface area contributed by atoms with Gasteiger partial charge in [-0.2, -0.15) is 0 Å². The zero-order valence-electron chi connectivity index (χ0n) is 16.1. The lowest BCUT2D eigenvalue weighted by Crippen LogP contribution is -2.51. The van der Waals surface area contributed by atoms with Crippen LogP contribution in [-0.4, -0.2) is 46.1 Å². The van der Waals surface area contributed by atoms with Crippen LogP contribution < -0.4 is 5.32 Å². The molecule has 3 heterocycles. The number of pyridine rings is 1. The van der Waals surface area contributed by atoms with E-state index in [0.717, 1.165) is 5.56 Å². The van der Waals surface area contributed by atoms with Gasteiger partial charge < -0.3 is 20.1 Å². The summed E-state index contributed by atoms with van der Waals surface area (Å²) >= 11 is 1.37. The number of morpholine rings is 1. The third-order valence-corrected chi connectivity index (χ3v) is 5.83. The van der Waals surface area contributed by atoms with Crippen LogP contribution in [-0.2, 0) is 16.1 Å². The minimum atomic E-state index is -0.918. The van der Waals surface area contributed by atoms with Crippen LogP contribution in [0.15, 0.2) is 66.3 Å². The third-order valence-electron chi connectivity index (χ3n) is 4.96. The van der Waals surface area contributed by atoms with Gasteiger partial charge in [0.05, 0.1) is 17.5 Å². The molecule has 1 aromatic carbocycles. The summed E-state index contributed by atoms with van der Waals surface area (Å²) in [6, 6.07) is 13.7. The predicted octanol–water partition coefficient (Wildman–Crippen LogP) is 2.86. The van der Waals surface area contributed by atoms with Crippen molar-refractivity contribution in [1.82, 2.24) is 9.88 Å². The van der Waals surface area contributed by atoms with Gasteiger partial charge in [-0.05, 0) is 46.8 Å². The fourth-order valence-corrected chi connectivity index (χ4v) is 3.98. The first-order valence-corrected chi connectivity index (χ1v) is 10.4. The second-order valence-electron chi connectivity index (χ2n) is 6.96. The van der Waals surface area contributed by atoms with E-state index in [1.807, 2.05) is 23.6 Å². The zero-order chi connectivity index (χ0) is 20.9. The molecule has 30 heavy (non-hydrogen) atoms. The lowest BCUT2D eigenvalue weighted by atomic mass is 9.99. The molecular formula is C22H21N3O4S. The van der Waals surface area contributed by atoms with E-state index in [9.17, 15) is 14.7 Å². The van der Waals surface area contributed by atoms with E-state index in [-0.39, 0.29) is 25.0 Å². The van der Waals surface area contributed by atoms with Crippen molar-refractivity contribution in [2.75, 3.05) is 18.5 Å². The Morgan fingerprint density at radius 3 is 2.70 bits per heavy atom. The molecule has 2 atom stereocenters. The summed E-state index contributed by atoms with van der Waals surface area (Å²) in [6.45, 7) is 0.623. The number of hydrogen-bond donors (Lipinski definition) is 2. The molecule has 1 aliphatic heterocycles. The number of aliphatic hydroxyl groups is 1. The van der Waals surface area contributed by atoms with Gasteiger partial charge in [0.15, 0.2) is 0 Å². The first kappa shape index (κ1) is 20.2. The summed E-state index contributed by atoms with van der Waals surface area (Å²) in [5.74, 6) is -0.338. The molecule has 1 saturated heterocycles. The van der Waals surface area contributed by atoms with Gasteiger partial charge in [-0.1, -0.05) is 18.2 Å². The molecule has 154 valence electrons. The highest BCUT2D eigenvalue weighted by atomic mass is 32.1. The Hall–Kier alpha value is -3.07. The highest BCUT2D eigenvalue weighted by Crippen LogP contribution is 2.27. The van der Waals surface area contributed by atoms with Gasteiger partial charge in [-0.25, -0.2) is 0 Å². The number of ether oxygens (including phenoxy) is 1. The smallest absolute Gasteiger partial charge is 0.265 e. The Balaban J connectivity index is 1.47. The maximum atomic E-state index is 12.5. The molecule has 0 unspecified atom stereocenters. The number of nitrogens with zero attached hydrogens (tertiary/aromatic N) is 2. The van der Waals surface area contributed by atoms with Gasteiger partial charge in [0.2, 0.25) is 5.91 Å². The Labute approximate surface area is 177 Å². The van der Waals surface area contributed by atoms with Crippen LogP contribution in [0.1, 0.15) is 26.9 Å². The summed E-state index contributed by atoms with van der Waals surface area (Å²) in [7, 11) is 0. The predicted molar refractivity (Wildman–Crippen MR) is 113 cm³/mol. The number of aliphatic hydroxyl groups excluding tert-OH is 1. The summed E-state index contributed by atoms with van der Waals surface area (Å²) < 4.78 is 5.40. The average Bonchev–Trinajstić information content (AvgIpc) is 3.31. The van der Waals surface area contributed by atoms with Crippen LogP contribution in [0.25, 0.3) is 0 Å². The monoisotopic (exact) mass is 423 g/mol. The van der Waals surface area contributed by atoms with Crippen molar-refractivity contribution in [3.05, 3.63) is 82.3 Å². The quantitative estimate of drug-likeness (QED) is 0.636. The first-order chi connectivity index (χ1) is 14.6. The summed E-state index contributed by atoms with van der Waals surface area (Å²) in [6.07, 6.45) is 2.43. The summed E-state index contributed by atoms with van der Waals surface area (Å²) in [5, 5.41) is 15.6. The van der Waals surface area contributed by atoms with Gasteiger partial charge in [0.1, 0.15) is 12.7 Å². The van der Waals surface area contributed by atoms with Gasteiger partial charge in [0, 0.05) is 24.6 Å². The standard InChI is InChI=1S/C22H21N3O4S/c26-20-14-29-13-18(25(20)12-15-7-9-23-10-8-15)21(27)16-3-5-17(6-4-16)24-22(28)19-2-1-11-30-19/h1-11,18,21,27H,12-14H2,(H,24,28)/t18-,21-/m1/s1. The van der Waals surface area contributed by atoms with Gasteiger partial charge >= 0.3 is 0 Å². The van der Waals surface area contributed by atoms with Crippen molar-refractivity contribution in [3.8, 4) is 0 Å². The molecule has 2 amide bonds. The molecule has 8 heteroatoms. The van der Waals surface area contributed by atoms with Crippen LogP contribution in [0.4, 0.5) is 5.69 Å². The fraction of sp³-hybridized carbons (Fsp3) is 0.227. The van der Waals surface area contributed by atoms with E-state index in [1.165, 1.54) is 11.3 Å². The van der Waals surface area contributed by atoms with E-state index in [2.05, 4.69) is 10.3 Å². The van der Waals surface area contributed by atoms with E-state index < -0.39 is 12.1 Å². The lowest BCUT2D eigenvalue weighted by Gasteiger charge is -2.38. The number of anilines is 1. The number of carbonyl (C=O) groups excluding carboxylic acids is 2. The van der Waals surface area contributed by atoms with Crippen LogP contribution in [0.3, 0.4) is 0 Å². The van der Waals surface area contributed by atoms with Crippen molar-refractivity contribution < 1.29 is 19.4 Å². The highest BCUT2D eigenvalue weighted by molar-refractivity contribution is 7.12. The number of amides is 2. The van der Waals surface area contributed by atoms with E-state index >= 15 is 0 Å². The molecule has 7 nitrogen and oxygen atoms in total. The first-order valence-electron chi connectivity index (χ1n) is 9.51. The van der Waals surface area contributed by atoms with Crippen LogP contribution in [0.2, 0.25) is 0 Å². The average molecular weight is 423 g/mol. The van der Waals surface area contributed by atoms with Crippen LogP contribution >= 0.6 is 11.3 Å². The topological polar surface area (TPSA) is 91.8 Å². The molecule has 1 aliphatic rings. The largest absolute Gasteiger partial charge is 0.386 e. The van der Waals surface area contributed by atoms with Crippen molar-refractivity contribution in [3.63, 3.8) is 0 Å². The summed E-state index contributed by atoms with van der Waals surface area (Å²) in [5.41, 5.74) is 2.21. The highest BCUT2D eigenvalue weighted by Gasteiger charge is 2.34. The molecule has 0 spiro atoms. The molecular weight excluding hydrogens is 402 g/mol. The number of rotatable bonds is 6. The summed E-state index contributed by atoms with van der Waals surface area (Å²) in [4.78, 5) is 30.9. The molecule has 0 aliphatic carbocycles. The van der Waals surface area contributed by atoms with Gasteiger partial charge in [-0.3, -0.25) is 14.6 Å². The van der Waals surface area contributed by atoms with E-state index in [4.69, 9.17) is 4.74 Å². The normalized spacial score (nSPS) is 17.6. The van der Waals surface area contributed by atoms with E-state index in [1.54, 1.807) is 47.6 Å². The molecule has 2 aromatic heterocycles. The SMILES string of the molecule is O=C(Nc1ccc([C@@H](O)[C@H]2COCC(=O)N2Cc2ccncc2)cc1)c1cccs1. The van der Waals surface area contributed by atoms with E-state index in [0.29, 0.717) is 22.7 Å². The third kappa shape index (κ3) is 4.56. The number of nitrogens with one attached hydrogen (secondary N) is 1. The molecule has 4 rings (SSSR count). The molecule has 2 N–H and O–H groups in total. The Morgan fingerprint density at radius 2 is 2.00 bits per heavy atom. The lowest BCUT2D eigenvalue weighted by molar-refractivity contribution is -0.155. The van der Waals surface area contributed by atoms with Crippen molar-refractivity contribution in [1.29, 1.82) is 0 Å². The second-order valence-corrected chi connectivity index (χ2v) is 7.91. The van der Waals surface area contributed by atoms with Gasteiger partial charge in [0.25, 0.3) is 5.91 Å². The zero-order valence-corrected chi connectivity index (χ0v) is 16.9. The number of carbonyl (C=O) groups is 2. The number of hydrogen-bond acceptors (Lipinski definition) is 6. The second kappa shape index (κ2) is 9.17. The fourth-order valence-electron chi connectivity index (χ4n) is 3.36. The Bertz CT molecular complexity index is 993. The Morgan fingerprint density at radius 1 is 1.23 bits per heavy atom. The van der Waals surface area contributed by atoms with Gasteiger partial charge in [-0.15, -0.1) is 11.3 Å². The molecule has 3 aromatic rings. The van der Waals surface area contributed by atoms with Crippen LogP contribution in [0.5, 0.6) is 0 Å². The van der Waals surface area contributed by atoms with Crippen molar-refractivity contribution >= 4 is 28.8 Å². The minimum absolute atomic E-state index is 0.00198.